The molecule has 1 unspecified atom stereocenters. The first kappa shape index (κ1) is 18.1. The molecule has 0 aliphatic heterocycles. The number of likely N-dealkylation sites (N-methyl/N-ethyl adjacent to an activating group) is 1. The van der Waals surface area contributed by atoms with Crippen molar-refractivity contribution < 1.29 is 0 Å². The van der Waals surface area contributed by atoms with Gasteiger partial charge in [-0.3, -0.25) is 4.98 Å². The van der Waals surface area contributed by atoms with Gasteiger partial charge < -0.3 is 10.6 Å². The SMILES string of the molecule is CN(CCCC(CCN)C(C)(C)C)CCc1ccncc1. The van der Waals surface area contributed by atoms with E-state index in [4.69, 9.17) is 5.73 Å². The summed E-state index contributed by atoms with van der Waals surface area (Å²) in [5.74, 6) is 0.732. The van der Waals surface area contributed by atoms with Gasteiger partial charge in [0.15, 0.2) is 0 Å². The number of rotatable bonds is 9. The Hall–Kier alpha value is -0.930. The van der Waals surface area contributed by atoms with Crippen molar-refractivity contribution in [3.63, 3.8) is 0 Å². The standard InChI is InChI=1S/C18H33N3/c1-18(2,3)17(7-11-19)6-5-14-21(4)15-10-16-8-12-20-13-9-16/h8-9,12-13,17H,5-7,10-11,14-15,19H2,1-4H3. The number of hydrogen-bond acceptors (Lipinski definition) is 3. The number of nitrogens with two attached hydrogens (primary N) is 1. The average Bonchev–Trinajstić information content (AvgIpc) is 2.44. The van der Waals surface area contributed by atoms with Crippen LogP contribution in [-0.2, 0) is 6.42 Å². The van der Waals surface area contributed by atoms with E-state index in [0.717, 1.165) is 31.8 Å². The van der Waals surface area contributed by atoms with E-state index < -0.39 is 0 Å². The summed E-state index contributed by atoms with van der Waals surface area (Å²) < 4.78 is 0. The molecule has 120 valence electrons. The van der Waals surface area contributed by atoms with Crippen LogP contribution in [0.3, 0.4) is 0 Å². The van der Waals surface area contributed by atoms with Gasteiger partial charge >= 0.3 is 0 Å². The molecule has 0 fully saturated rings. The summed E-state index contributed by atoms with van der Waals surface area (Å²) in [5.41, 5.74) is 7.49. The highest BCUT2D eigenvalue weighted by Gasteiger charge is 2.23. The lowest BCUT2D eigenvalue weighted by Gasteiger charge is -2.31. The van der Waals surface area contributed by atoms with E-state index in [-0.39, 0.29) is 0 Å². The van der Waals surface area contributed by atoms with Crippen molar-refractivity contribution in [1.29, 1.82) is 0 Å². The Morgan fingerprint density at radius 3 is 2.38 bits per heavy atom. The fraction of sp³-hybridized carbons (Fsp3) is 0.722. The summed E-state index contributed by atoms with van der Waals surface area (Å²) >= 11 is 0. The predicted octanol–water partition coefficient (Wildman–Crippen LogP) is 3.35. The Morgan fingerprint density at radius 2 is 1.81 bits per heavy atom. The number of hydrogen-bond donors (Lipinski definition) is 1. The lowest BCUT2D eigenvalue weighted by atomic mass is 9.76. The smallest absolute Gasteiger partial charge is 0.0270 e. The lowest BCUT2D eigenvalue weighted by molar-refractivity contribution is 0.200. The number of nitrogens with zero attached hydrogens (tertiary/aromatic N) is 2. The molecule has 1 heterocycles. The lowest BCUT2D eigenvalue weighted by Crippen LogP contribution is -2.26. The minimum Gasteiger partial charge on any atom is -0.330 e. The summed E-state index contributed by atoms with van der Waals surface area (Å²) in [6, 6.07) is 4.20. The van der Waals surface area contributed by atoms with Gasteiger partial charge in [-0.1, -0.05) is 20.8 Å². The minimum absolute atomic E-state index is 0.370. The molecule has 0 aliphatic carbocycles. The van der Waals surface area contributed by atoms with Crippen molar-refractivity contribution in [3.05, 3.63) is 30.1 Å². The van der Waals surface area contributed by atoms with Crippen LogP contribution in [0.2, 0.25) is 0 Å². The number of aromatic nitrogens is 1. The van der Waals surface area contributed by atoms with Crippen molar-refractivity contribution in [1.82, 2.24) is 9.88 Å². The molecule has 0 aliphatic rings. The van der Waals surface area contributed by atoms with Crippen molar-refractivity contribution in [2.24, 2.45) is 17.1 Å². The second-order valence-electron chi connectivity index (χ2n) is 7.19. The normalized spacial score (nSPS) is 13.6. The van der Waals surface area contributed by atoms with Crippen LogP contribution >= 0.6 is 0 Å². The molecule has 0 aromatic carbocycles. The first-order valence-corrected chi connectivity index (χ1v) is 8.21. The molecule has 0 spiro atoms. The quantitative estimate of drug-likeness (QED) is 0.758. The Kier molecular flexibility index (Phi) is 7.91. The van der Waals surface area contributed by atoms with Gasteiger partial charge in [0, 0.05) is 18.9 Å². The molecule has 1 atom stereocenters. The molecule has 0 radical (unpaired) electrons. The van der Waals surface area contributed by atoms with Gasteiger partial charge in [0.05, 0.1) is 0 Å². The zero-order valence-corrected chi connectivity index (χ0v) is 14.3. The molecule has 1 aromatic heterocycles. The largest absolute Gasteiger partial charge is 0.330 e. The third kappa shape index (κ3) is 7.58. The molecule has 21 heavy (non-hydrogen) atoms. The Bertz CT molecular complexity index is 370. The van der Waals surface area contributed by atoms with Gasteiger partial charge in [0.25, 0.3) is 0 Å². The molecule has 3 heteroatoms. The number of pyridine rings is 1. The Balaban J connectivity index is 2.24. The maximum atomic E-state index is 5.75. The highest BCUT2D eigenvalue weighted by Crippen LogP contribution is 2.32. The van der Waals surface area contributed by atoms with Crippen molar-refractivity contribution in [2.45, 2.75) is 46.5 Å². The van der Waals surface area contributed by atoms with Crippen molar-refractivity contribution >= 4 is 0 Å². The van der Waals surface area contributed by atoms with Gasteiger partial charge in [-0.25, -0.2) is 0 Å². The Morgan fingerprint density at radius 1 is 1.14 bits per heavy atom. The first-order chi connectivity index (χ1) is 9.93. The maximum Gasteiger partial charge on any atom is 0.0270 e. The van der Waals surface area contributed by atoms with Crippen LogP contribution in [-0.4, -0.2) is 36.6 Å². The van der Waals surface area contributed by atoms with Gasteiger partial charge in [-0.05, 0) is 74.8 Å². The first-order valence-electron chi connectivity index (χ1n) is 8.21. The molecule has 0 saturated heterocycles. The van der Waals surface area contributed by atoms with E-state index in [1.54, 1.807) is 0 Å². The van der Waals surface area contributed by atoms with Crippen molar-refractivity contribution in [2.75, 3.05) is 26.7 Å². The zero-order chi connectivity index (χ0) is 15.7. The third-order valence-corrected chi connectivity index (χ3v) is 4.36. The summed E-state index contributed by atoms with van der Waals surface area (Å²) in [5, 5.41) is 0. The second-order valence-corrected chi connectivity index (χ2v) is 7.19. The summed E-state index contributed by atoms with van der Waals surface area (Å²) in [4.78, 5) is 6.49. The third-order valence-electron chi connectivity index (χ3n) is 4.36. The van der Waals surface area contributed by atoms with Crippen molar-refractivity contribution in [3.8, 4) is 0 Å². The minimum atomic E-state index is 0.370. The van der Waals surface area contributed by atoms with E-state index in [0.29, 0.717) is 5.41 Å². The van der Waals surface area contributed by atoms with Crippen LogP contribution < -0.4 is 5.73 Å². The molecule has 0 saturated carbocycles. The Labute approximate surface area is 130 Å². The van der Waals surface area contributed by atoms with Crippen LogP contribution in [0.5, 0.6) is 0 Å². The zero-order valence-electron chi connectivity index (χ0n) is 14.3. The van der Waals surface area contributed by atoms with Gasteiger partial charge in [-0.15, -0.1) is 0 Å². The van der Waals surface area contributed by atoms with Crippen LogP contribution in [0.1, 0.15) is 45.6 Å². The maximum absolute atomic E-state index is 5.75. The highest BCUT2D eigenvalue weighted by molar-refractivity contribution is 5.09. The molecule has 3 nitrogen and oxygen atoms in total. The average molecular weight is 291 g/mol. The van der Waals surface area contributed by atoms with E-state index in [1.165, 1.54) is 24.9 Å². The highest BCUT2D eigenvalue weighted by atomic mass is 15.1. The topological polar surface area (TPSA) is 42.1 Å². The summed E-state index contributed by atoms with van der Waals surface area (Å²) in [6.07, 6.45) is 8.52. The van der Waals surface area contributed by atoms with Gasteiger partial charge in [0.1, 0.15) is 0 Å². The fourth-order valence-electron chi connectivity index (χ4n) is 2.80. The van der Waals surface area contributed by atoms with Gasteiger partial charge in [0.2, 0.25) is 0 Å². The van der Waals surface area contributed by atoms with E-state index in [2.05, 4.69) is 49.8 Å². The molecule has 1 aromatic rings. The fourth-order valence-corrected chi connectivity index (χ4v) is 2.80. The molecule has 0 bridgehead atoms. The summed E-state index contributed by atoms with van der Waals surface area (Å²) in [6.45, 7) is 10.1. The van der Waals surface area contributed by atoms with E-state index in [9.17, 15) is 0 Å². The van der Waals surface area contributed by atoms with Gasteiger partial charge in [-0.2, -0.15) is 0 Å². The van der Waals surface area contributed by atoms with Crippen LogP contribution in [0.4, 0.5) is 0 Å². The molecule has 0 amide bonds. The van der Waals surface area contributed by atoms with Crippen LogP contribution in [0.25, 0.3) is 0 Å². The molecule has 1 rings (SSSR count). The summed E-state index contributed by atoms with van der Waals surface area (Å²) in [7, 11) is 2.22. The molecular formula is C18H33N3. The van der Waals surface area contributed by atoms with Crippen LogP contribution in [0.15, 0.2) is 24.5 Å². The van der Waals surface area contributed by atoms with Crippen LogP contribution in [0, 0.1) is 11.3 Å². The second kappa shape index (κ2) is 9.16. The predicted molar refractivity (Wildman–Crippen MR) is 91.3 cm³/mol. The van der Waals surface area contributed by atoms with E-state index in [1.807, 2.05) is 12.4 Å². The van der Waals surface area contributed by atoms with E-state index >= 15 is 0 Å². The molecular weight excluding hydrogens is 258 g/mol. The monoisotopic (exact) mass is 291 g/mol. The molecule has 2 N–H and O–H groups in total.